The van der Waals surface area contributed by atoms with E-state index in [1.165, 1.54) is 0 Å². The molecule has 0 atom stereocenters. The zero-order valence-corrected chi connectivity index (χ0v) is 11.4. The third-order valence-electron chi connectivity index (χ3n) is 2.60. The Bertz CT molecular complexity index is 494. The SMILES string of the molecule is C=C(/C=C\C(N)=C/C(C)C)c1ccc(N)cc1C. The number of rotatable bonds is 4. The molecule has 2 nitrogen and oxygen atoms in total. The molecular weight excluding hydrogens is 220 g/mol. The molecule has 0 spiro atoms. The van der Waals surface area contributed by atoms with Crippen LogP contribution < -0.4 is 11.5 Å². The molecule has 2 heteroatoms. The molecule has 1 aromatic rings. The summed E-state index contributed by atoms with van der Waals surface area (Å²) in [5, 5.41) is 0. The Balaban J connectivity index is 2.86. The van der Waals surface area contributed by atoms with Crippen molar-refractivity contribution in [2.45, 2.75) is 20.8 Å². The van der Waals surface area contributed by atoms with Crippen LogP contribution in [-0.2, 0) is 0 Å². The minimum Gasteiger partial charge on any atom is -0.399 e. The fourth-order valence-electron chi connectivity index (χ4n) is 1.77. The van der Waals surface area contributed by atoms with E-state index in [-0.39, 0.29) is 0 Å². The van der Waals surface area contributed by atoms with Crippen molar-refractivity contribution in [3.63, 3.8) is 0 Å². The second-order valence-corrected chi connectivity index (χ2v) is 4.84. The Morgan fingerprint density at radius 1 is 1.28 bits per heavy atom. The minimum absolute atomic E-state index is 0.446. The highest BCUT2D eigenvalue weighted by molar-refractivity contribution is 5.75. The van der Waals surface area contributed by atoms with Crippen molar-refractivity contribution in [2.75, 3.05) is 5.73 Å². The van der Waals surface area contributed by atoms with E-state index in [1.54, 1.807) is 0 Å². The van der Waals surface area contributed by atoms with E-state index in [0.717, 1.165) is 28.1 Å². The van der Waals surface area contributed by atoms with Gasteiger partial charge in [0.2, 0.25) is 0 Å². The van der Waals surface area contributed by atoms with E-state index in [1.807, 2.05) is 43.4 Å². The van der Waals surface area contributed by atoms with Gasteiger partial charge in [-0.25, -0.2) is 0 Å². The molecule has 0 heterocycles. The lowest BCUT2D eigenvalue weighted by atomic mass is 10.0. The average Bonchev–Trinajstić information content (AvgIpc) is 2.25. The maximum Gasteiger partial charge on any atom is 0.0317 e. The van der Waals surface area contributed by atoms with Crippen LogP contribution in [0.2, 0.25) is 0 Å². The summed E-state index contributed by atoms with van der Waals surface area (Å²) in [6.07, 6.45) is 5.84. The Hall–Kier alpha value is -1.96. The van der Waals surface area contributed by atoms with Gasteiger partial charge in [0.25, 0.3) is 0 Å². The highest BCUT2D eigenvalue weighted by Gasteiger charge is 2.00. The van der Waals surface area contributed by atoms with Gasteiger partial charge in [-0.2, -0.15) is 0 Å². The summed E-state index contributed by atoms with van der Waals surface area (Å²) in [4.78, 5) is 0. The lowest BCUT2D eigenvalue weighted by Crippen LogP contribution is -1.96. The number of nitrogens with two attached hydrogens (primary N) is 2. The van der Waals surface area contributed by atoms with Gasteiger partial charge >= 0.3 is 0 Å². The van der Waals surface area contributed by atoms with Crippen LogP contribution in [0.15, 0.2) is 48.7 Å². The van der Waals surface area contributed by atoms with E-state index >= 15 is 0 Å². The first-order valence-corrected chi connectivity index (χ1v) is 6.11. The van der Waals surface area contributed by atoms with Gasteiger partial charge in [-0.1, -0.05) is 38.6 Å². The quantitative estimate of drug-likeness (QED) is 0.625. The molecule has 1 aromatic carbocycles. The molecular formula is C16H22N2. The average molecular weight is 242 g/mol. The van der Waals surface area contributed by atoms with Crippen LogP contribution in [0.3, 0.4) is 0 Å². The highest BCUT2D eigenvalue weighted by Crippen LogP contribution is 2.21. The van der Waals surface area contributed by atoms with Crippen LogP contribution in [0.4, 0.5) is 5.69 Å². The molecule has 0 aliphatic heterocycles. The smallest absolute Gasteiger partial charge is 0.0317 e. The fraction of sp³-hybridized carbons (Fsp3) is 0.250. The van der Waals surface area contributed by atoms with Crippen LogP contribution in [0, 0.1) is 12.8 Å². The maximum absolute atomic E-state index is 5.88. The van der Waals surface area contributed by atoms with Crippen molar-refractivity contribution >= 4 is 11.3 Å². The van der Waals surface area contributed by atoms with Crippen molar-refractivity contribution in [2.24, 2.45) is 11.7 Å². The predicted molar refractivity (Wildman–Crippen MR) is 80.9 cm³/mol. The first-order chi connectivity index (χ1) is 8.40. The summed E-state index contributed by atoms with van der Waals surface area (Å²) in [5.41, 5.74) is 16.3. The monoisotopic (exact) mass is 242 g/mol. The molecule has 0 fully saturated rings. The van der Waals surface area contributed by atoms with E-state index in [2.05, 4.69) is 20.4 Å². The van der Waals surface area contributed by atoms with E-state index in [9.17, 15) is 0 Å². The Labute approximate surface area is 110 Å². The summed E-state index contributed by atoms with van der Waals surface area (Å²) in [5.74, 6) is 0.446. The third-order valence-corrected chi connectivity index (χ3v) is 2.60. The van der Waals surface area contributed by atoms with Gasteiger partial charge in [0, 0.05) is 11.4 Å². The maximum atomic E-state index is 5.88. The van der Waals surface area contributed by atoms with E-state index in [4.69, 9.17) is 11.5 Å². The number of hydrogen-bond donors (Lipinski definition) is 2. The predicted octanol–water partition coefficient (Wildman–Crippen LogP) is 3.65. The van der Waals surface area contributed by atoms with Gasteiger partial charge in [0.1, 0.15) is 0 Å². The number of anilines is 1. The van der Waals surface area contributed by atoms with Crippen LogP contribution in [0.1, 0.15) is 25.0 Å². The van der Waals surface area contributed by atoms with Crippen molar-refractivity contribution in [3.05, 3.63) is 59.8 Å². The standard InChI is InChI=1S/C16H22N2/c1-11(2)9-14(17)6-5-12(3)16-8-7-15(18)10-13(16)4/h5-11H,3,17-18H2,1-2,4H3/b6-5-,14-9+. The zero-order chi connectivity index (χ0) is 13.7. The summed E-state index contributed by atoms with van der Waals surface area (Å²) < 4.78 is 0. The molecule has 4 N–H and O–H groups in total. The van der Waals surface area contributed by atoms with Gasteiger partial charge in [0.05, 0.1) is 0 Å². The van der Waals surface area contributed by atoms with Crippen molar-refractivity contribution < 1.29 is 0 Å². The molecule has 0 saturated carbocycles. The lowest BCUT2D eigenvalue weighted by Gasteiger charge is -2.06. The molecule has 0 amide bonds. The van der Waals surface area contributed by atoms with Gasteiger partial charge < -0.3 is 11.5 Å². The Kier molecular flexibility index (Phi) is 4.78. The van der Waals surface area contributed by atoms with E-state index < -0.39 is 0 Å². The lowest BCUT2D eigenvalue weighted by molar-refractivity contribution is 0.823. The summed E-state index contributed by atoms with van der Waals surface area (Å²) in [6, 6.07) is 5.82. The molecule has 18 heavy (non-hydrogen) atoms. The molecule has 0 saturated heterocycles. The minimum atomic E-state index is 0.446. The first kappa shape index (κ1) is 14.1. The molecule has 0 aliphatic rings. The summed E-state index contributed by atoms with van der Waals surface area (Å²) >= 11 is 0. The highest BCUT2D eigenvalue weighted by atomic mass is 14.6. The molecule has 96 valence electrons. The fourth-order valence-corrected chi connectivity index (χ4v) is 1.77. The second-order valence-electron chi connectivity index (χ2n) is 4.84. The number of aryl methyl sites for hydroxylation is 1. The number of allylic oxidation sites excluding steroid dienone is 4. The Morgan fingerprint density at radius 3 is 2.50 bits per heavy atom. The van der Waals surface area contributed by atoms with Crippen LogP contribution >= 0.6 is 0 Å². The number of benzene rings is 1. The molecule has 0 bridgehead atoms. The second kappa shape index (κ2) is 6.10. The number of nitrogen functional groups attached to an aromatic ring is 1. The molecule has 0 aromatic heterocycles. The molecule has 0 radical (unpaired) electrons. The van der Waals surface area contributed by atoms with E-state index in [0.29, 0.717) is 5.92 Å². The zero-order valence-electron chi connectivity index (χ0n) is 11.4. The molecule has 0 unspecified atom stereocenters. The Morgan fingerprint density at radius 2 is 1.94 bits per heavy atom. The first-order valence-electron chi connectivity index (χ1n) is 6.11. The molecule has 0 aliphatic carbocycles. The van der Waals surface area contributed by atoms with Gasteiger partial charge in [-0.05, 0) is 47.8 Å². The normalized spacial score (nSPS) is 12.3. The number of hydrogen-bond acceptors (Lipinski definition) is 2. The third kappa shape index (κ3) is 4.13. The van der Waals surface area contributed by atoms with Crippen molar-refractivity contribution in [3.8, 4) is 0 Å². The van der Waals surface area contributed by atoms with Crippen LogP contribution in [0.5, 0.6) is 0 Å². The van der Waals surface area contributed by atoms with Crippen LogP contribution in [0.25, 0.3) is 5.57 Å². The van der Waals surface area contributed by atoms with Gasteiger partial charge in [-0.15, -0.1) is 0 Å². The van der Waals surface area contributed by atoms with Gasteiger partial charge in [-0.3, -0.25) is 0 Å². The topological polar surface area (TPSA) is 52.0 Å². The largest absolute Gasteiger partial charge is 0.399 e. The van der Waals surface area contributed by atoms with Gasteiger partial charge in [0.15, 0.2) is 0 Å². The van der Waals surface area contributed by atoms with Crippen molar-refractivity contribution in [1.82, 2.24) is 0 Å². The van der Waals surface area contributed by atoms with Crippen molar-refractivity contribution in [1.29, 1.82) is 0 Å². The summed E-state index contributed by atoms with van der Waals surface area (Å²) in [7, 11) is 0. The molecule has 1 rings (SSSR count). The van der Waals surface area contributed by atoms with Crippen LogP contribution in [-0.4, -0.2) is 0 Å². The summed E-state index contributed by atoms with van der Waals surface area (Å²) in [6.45, 7) is 10.3.